The van der Waals surface area contributed by atoms with Gasteiger partial charge in [0.05, 0.1) is 11.9 Å². The van der Waals surface area contributed by atoms with Gasteiger partial charge in [-0.3, -0.25) is 4.79 Å². The summed E-state index contributed by atoms with van der Waals surface area (Å²) >= 11 is 1.75. The van der Waals surface area contributed by atoms with Gasteiger partial charge in [-0.2, -0.15) is 0 Å². The standard InChI is InChI=1S/C16H30N2O2S.ClH/c1-17-8-5-14-6-9-18(10-7-14)16(19)13-21-12-15-4-2-3-11-20-15;/h14-15,17H,2-13H2,1H3;1H. The molecule has 0 spiro atoms. The van der Waals surface area contributed by atoms with Crippen LogP contribution in [0.4, 0.5) is 0 Å². The molecule has 2 heterocycles. The molecule has 2 saturated heterocycles. The molecule has 0 aromatic rings. The van der Waals surface area contributed by atoms with Gasteiger partial charge >= 0.3 is 0 Å². The highest BCUT2D eigenvalue weighted by atomic mass is 35.5. The van der Waals surface area contributed by atoms with Crippen molar-refractivity contribution in [3.8, 4) is 0 Å². The van der Waals surface area contributed by atoms with Crippen molar-refractivity contribution >= 4 is 30.1 Å². The third-order valence-electron chi connectivity index (χ3n) is 4.57. The second-order valence-corrected chi connectivity index (χ2v) is 7.25. The summed E-state index contributed by atoms with van der Waals surface area (Å²) in [4.78, 5) is 14.3. The second kappa shape index (κ2) is 11.5. The highest BCUT2D eigenvalue weighted by molar-refractivity contribution is 7.99. The molecule has 4 nitrogen and oxygen atoms in total. The first-order valence-corrected chi connectivity index (χ1v) is 9.56. The fourth-order valence-corrected chi connectivity index (χ4v) is 4.13. The zero-order valence-electron chi connectivity index (χ0n) is 13.7. The number of halogens is 1. The van der Waals surface area contributed by atoms with Crippen LogP contribution in [0.3, 0.4) is 0 Å². The Morgan fingerprint density at radius 2 is 2.05 bits per heavy atom. The number of hydrogen-bond acceptors (Lipinski definition) is 4. The predicted octanol–water partition coefficient (Wildman–Crippen LogP) is 2.56. The van der Waals surface area contributed by atoms with Crippen molar-refractivity contribution in [1.29, 1.82) is 0 Å². The lowest BCUT2D eigenvalue weighted by Crippen LogP contribution is -2.40. The topological polar surface area (TPSA) is 41.6 Å². The summed E-state index contributed by atoms with van der Waals surface area (Å²) in [7, 11) is 2.01. The molecule has 0 aromatic carbocycles. The van der Waals surface area contributed by atoms with E-state index >= 15 is 0 Å². The van der Waals surface area contributed by atoms with Crippen LogP contribution in [0.1, 0.15) is 38.5 Å². The highest BCUT2D eigenvalue weighted by Gasteiger charge is 2.22. The summed E-state index contributed by atoms with van der Waals surface area (Å²) in [5, 5.41) is 3.21. The van der Waals surface area contributed by atoms with Crippen molar-refractivity contribution in [3.63, 3.8) is 0 Å². The number of likely N-dealkylation sites (tertiary alicyclic amines) is 1. The third kappa shape index (κ3) is 7.07. The lowest BCUT2D eigenvalue weighted by molar-refractivity contribution is -0.129. The van der Waals surface area contributed by atoms with Crippen molar-refractivity contribution in [2.24, 2.45) is 5.92 Å². The smallest absolute Gasteiger partial charge is 0.232 e. The highest BCUT2D eigenvalue weighted by Crippen LogP contribution is 2.21. The molecule has 0 radical (unpaired) electrons. The molecule has 130 valence electrons. The molecule has 0 bridgehead atoms. The van der Waals surface area contributed by atoms with Gasteiger partial charge in [-0.1, -0.05) is 0 Å². The Kier molecular flexibility index (Phi) is 10.5. The Balaban J connectivity index is 0.00000242. The van der Waals surface area contributed by atoms with Crippen LogP contribution in [0.15, 0.2) is 0 Å². The molecular weight excluding hydrogens is 320 g/mol. The Labute approximate surface area is 145 Å². The molecule has 22 heavy (non-hydrogen) atoms. The van der Waals surface area contributed by atoms with Gasteiger partial charge in [0, 0.05) is 25.4 Å². The van der Waals surface area contributed by atoms with Gasteiger partial charge in [-0.25, -0.2) is 0 Å². The van der Waals surface area contributed by atoms with E-state index in [0.29, 0.717) is 17.8 Å². The minimum Gasteiger partial charge on any atom is -0.377 e. The first-order chi connectivity index (χ1) is 10.3. The molecule has 0 aromatic heterocycles. The van der Waals surface area contributed by atoms with E-state index in [4.69, 9.17) is 4.74 Å². The van der Waals surface area contributed by atoms with Gasteiger partial charge in [0.15, 0.2) is 0 Å². The maximum Gasteiger partial charge on any atom is 0.232 e. The molecular formula is C16H31ClN2O2S. The number of hydrogen-bond donors (Lipinski definition) is 1. The monoisotopic (exact) mass is 350 g/mol. The van der Waals surface area contributed by atoms with Crippen LogP contribution in [0.25, 0.3) is 0 Å². The molecule has 0 aliphatic carbocycles. The molecule has 1 unspecified atom stereocenters. The summed E-state index contributed by atoms with van der Waals surface area (Å²) in [6, 6.07) is 0. The average Bonchev–Trinajstić information content (AvgIpc) is 2.54. The molecule has 0 saturated carbocycles. The van der Waals surface area contributed by atoms with Crippen LogP contribution in [0.5, 0.6) is 0 Å². The average molecular weight is 351 g/mol. The van der Waals surface area contributed by atoms with Crippen LogP contribution in [0, 0.1) is 5.92 Å². The third-order valence-corrected chi connectivity index (χ3v) is 5.63. The van der Waals surface area contributed by atoms with Gasteiger partial charge in [0.25, 0.3) is 0 Å². The number of thioether (sulfide) groups is 1. The molecule has 1 atom stereocenters. The zero-order chi connectivity index (χ0) is 14.9. The number of nitrogens with zero attached hydrogens (tertiary/aromatic N) is 1. The Morgan fingerprint density at radius 3 is 2.68 bits per heavy atom. The second-order valence-electron chi connectivity index (χ2n) is 6.22. The molecule has 6 heteroatoms. The number of nitrogens with one attached hydrogen (secondary N) is 1. The summed E-state index contributed by atoms with van der Waals surface area (Å²) in [5.41, 5.74) is 0. The van der Waals surface area contributed by atoms with Crippen LogP contribution in [-0.4, -0.2) is 61.7 Å². The van der Waals surface area contributed by atoms with Crippen LogP contribution >= 0.6 is 24.2 Å². The quantitative estimate of drug-likeness (QED) is 0.766. The van der Waals surface area contributed by atoms with E-state index < -0.39 is 0 Å². The van der Waals surface area contributed by atoms with E-state index in [1.165, 1.54) is 32.1 Å². The maximum atomic E-state index is 12.2. The van der Waals surface area contributed by atoms with E-state index in [1.54, 1.807) is 11.8 Å². The molecule has 2 aliphatic rings. The number of carbonyl (C=O) groups excluding carboxylic acids is 1. The minimum absolute atomic E-state index is 0. The fraction of sp³-hybridized carbons (Fsp3) is 0.938. The fourth-order valence-electron chi connectivity index (χ4n) is 3.13. The SMILES string of the molecule is CNCCC1CCN(C(=O)CSCC2CCCCO2)CC1.Cl. The van der Waals surface area contributed by atoms with E-state index in [2.05, 4.69) is 10.2 Å². The van der Waals surface area contributed by atoms with Crippen LogP contribution in [0.2, 0.25) is 0 Å². The van der Waals surface area contributed by atoms with Crippen molar-refractivity contribution in [2.45, 2.75) is 44.6 Å². The summed E-state index contributed by atoms with van der Waals surface area (Å²) in [5.74, 6) is 2.72. The van der Waals surface area contributed by atoms with Gasteiger partial charge in [-0.05, 0) is 58.0 Å². The maximum absolute atomic E-state index is 12.2. The normalized spacial score (nSPS) is 23.1. The van der Waals surface area contributed by atoms with E-state index in [0.717, 1.165) is 44.3 Å². The summed E-state index contributed by atoms with van der Waals surface area (Å²) in [6.07, 6.45) is 7.60. The molecule has 1 amide bonds. The van der Waals surface area contributed by atoms with Crippen molar-refractivity contribution in [3.05, 3.63) is 0 Å². The van der Waals surface area contributed by atoms with Crippen molar-refractivity contribution in [1.82, 2.24) is 10.2 Å². The number of piperidine rings is 1. The summed E-state index contributed by atoms with van der Waals surface area (Å²) in [6.45, 7) is 3.90. The van der Waals surface area contributed by atoms with Gasteiger partial charge < -0.3 is 15.0 Å². The van der Waals surface area contributed by atoms with Crippen LogP contribution < -0.4 is 5.32 Å². The van der Waals surface area contributed by atoms with Gasteiger partial charge in [-0.15, -0.1) is 24.2 Å². The van der Waals surface area contributed by atoms with Crippen LogP contribution in [-0.2, 0) is 9.53 Å². The van der Waals surface area contributed by atoms with E-state index in [-0.39, 0.29) is 12.4 Å². The first kappa shape index (κ1) is 20.1. The minimum atomic E-state index is 0. The largest absolute Gasteiger partial charge is 0.377 e. The zero-order valence-corrected chi connectivity index (χ0v) is 15.4. The Morgan fingerprint density at radius 1 is 1.27 bits per heavy atom. The molecule has 2 rings (SSSR count). The van der Waals surface area contributed by atoms with E-state index in [1.807, 2.05) is 7.05 Å². The van der Waals surface area contributed by atoms with Gasteiger partial charge in [0.1, 0.15) is 0 Å². The van der Waals surface area contributed by atoms with Crippen molar-refractivity contribution in [2.75, 3.05) is 44.8 Å². The summed E-state index contributed by atoms with van der Waals surface area (Å²) < 4.78 is 5.71. The lowest BCUT2D eigenvalue weighted by atomic mass is 9.93. The number of carbonyl (C=O) groups is 1. The number of rotatable bonds is 7. The molecule has 2 aliphatic heterocycles. The number of amides is 1. The van der Waals surface area contributed by atoms with Crippen molar-refractivity contribution < 1.29 is 9.53 Å². The first-order valence-electron chi connectivity index (χ1n) is 8.41. The lowest BCUT2D eigenvalue weighted by Gasteiger charge is -2.32. The Bertz CT molecular complexity index is 307. The molecule has 1 N–H and O–H groups in total. The number of ether oxygens (including phenoxy) is 1. The Hall–Kier alpha value is 0.0300. The van der Waals surface area contributed by atoms with E-state index in [9.17, 15) is 4.79 Å². The molecule has 2 fully saturated rings. The predicted molar refractivity (Wildman–Crippen MR) is 96.0 cm³/mol. The van der Waals surface area contributed by atoms with Gasteiger partial charge in [0.2, 0.25) is 5.91 Å².